The van der Waals surface area contributed by atoms with E-state index in [2.05, 4.69) is 15.5 Å². The molecule has 0 aliphatic rings. The van der Waals surface area contributed by atoms with Gasteiger partial charge in [-0.25, -0.2) is 4.68 Å². The predicted molar refractivity (Wildman–Crippen MR) is 95.9 cm³/mol. The van der Waals surface area contributed by atoms with Crippen molar-refractivity contribution in [3.8, 4) is 5.69 Å². The monoisotopic (exact) mass is 347 g/mol. The first kappa shape index (κ1) is 16.0. The van der Waals surface area contributed by atoms with Gasteiger partial charge in [0.1, 0.15) is 17.7 Å². The van der Waals surface area contributed by atoms with Gasteiger partial charge >= 0.3 is 0 Å². The van der Waals surface area contributed by atoms with Gasteiger partial charge in [0.25, 0.3) is 5.91 Å². The molecular weight excluding hydrogens is 330 g/mol. The normalized spacial score (nSPS) is 12.2. The van der Waals surface area contributed by atoms with Gasteiger partial charge in [-0.1, -0.05) is 18.2 Å². The zero-order valence-electron chi connectivity index (χ0n) is 14.4. The van der Waals surface area contributed by atoms with Crippen molar-refractivity contribution in [2.75, 3.05) is 7.05 Å². The van der Waals surface area contributed by atoms with Gasteiger partial charge in [0.05, 0.1) is 11.7 Å². The fourth-order valence-electron chi connectivity index (χ4n) is 2.82. The molecule has 4 aromatic rings. The third-order valence-corrected chi connectivity index (χ3v) is 4.49. The molecule has 130 valence electrons. The third kappa shape index (κ3) is 2.83. The number of benzene rings is 2. The number of fused-ring (bicyclic) bond motifs is 1. The van der Waals surface area contributed by atoms with Crippen molar-refractivity contribution in [2.24, 2.45) is 0 Å². The smallest absolute Gasteiger partial charge is 0.254 e. The molecule has 0 radical (unpaired) electrons. The fraction of sp³-hybridized carbons (Fsp3) is 0.158. The Labute approximate surface area is 149 Å². The fourth-order valence-corrected chi connectivity index (χ4v) is 2.82. The first-order valence-corrected chi connectivity index (χ1v) is 8.22. The van der Waals surface area contributed by atoms with E-state index in [1.807, 2.05) is 49.4 Å². The molecule has 4 rings (SSSR count). The summed E-state index contributed by atoms with van der Waals surface area (Å²) in [7, 11) is 1.77. The number of tetrazole rings is 1. The lowest BCUT2D eigenvalue weighted by Gasteiger charge is -2.23. The van der Waals surface area contributed by atoms with E-state index in [0.717, 1.165) is 22.4 Å². The summed E-state index contributed by atoms with van der Waals surface area (Å²) in [6.45, 7) is 1.95. The van der Waals surface area contributed by atoms with Crippen LogP contribution in [0.15, 0.2) is 65.3 Å². The molecule has 2 heterocycles. The highest BCUT2D eigenvalue weighted by Gasteiger charge is 2.22. The average Bonchev–Trinajstić information content (AvgIpc) is 3.36. The van der Waals surface area contributed by atoms with Crippen LogP contribution in [0, 0.1) is 0 Å². The Morgan fingerprint density at radius 1 is 1.15 bits per heavy atom. The second kappa shape index (κ2) is 6.44. The average molecular weight is 347 g/mol. The van der Waals surface area contributed by atoms with E-state index in [-0.39, 0.29) is 11.9 Å². The highest BCUT2D eigenvalue weighted by molar-refractivity contribution is 5.94. The summed E-state index contributed by atoms with van der Waals surface area (Å²) >= 11 is 0. The van der Waals surface area contributed by atoms with Gasteiger partial charge in [-0.3, -0.25) is 4.79 Å². The van der Waals surface area contributed by atoms with Crippen molar-refractivity contribution in [3.05, 3.63) is 72.2 Å². The second-order valence-corrected chi connectivity index (χ2v) is 6.08. The van der Waals surface area contributed by atoms with Crippen LogP contribution in [0.3, 0.4) is 0 Å². The number of aromatic nitrogens is 4. The molecule has 0 saturated carbocycles. The van der Waals surface area contributed by atoms with Crippen molar-refractivity contribution in [3.63, 3.8) is 0 Å². The van der Waals surface area contributed by atoms with Crippen LogP contribution in [0.5, 0.6) is 0 Å². The van der Waals surface area contributed by atoms with Crippen LogP contribution in [0.25, 0.3) is 16.7 Å². The first-order valence-electron chi connectivity index (χ1n) is 8.22. The topological polar surface area (TPSA) is 77.0 Å². The SMILES string of the molecule is C[C@@H](c1cc2ccccc2o1)N(C)C(=O)c1ccc(-n2cnnn2)cc1. The van der Waals surface area contributed by atoms with Gasteiger partial charge in [-0.15, -0.1) is 5.10 Å². The van der Waals surface area contributed by atoms with E-state index in [0.29, 0.717) is 5.56 Å². The van der Waals surface area contributed by atoms with Gasteiger partial charge in [0, 0.05) is 18.0 Å². The summed E-state index contributed by atoms with van der Waals surface area (Å²) < 4.78 is 7.42. The van der Waals surface area contributed by atoms with E-state index in [1.165, 1.54) is 11.0 Å². The quantitative estimate of drug-likeness (QED) is 0.566. The van der Waals surface area contributed by atoms with Crippen molar-refractivity contribution >= 4 is 16.9 Å². The Morgan fingerprint density at radius 3 is 2.62 bits per heavy atom. The highest BCUT2D eigenvalue weighted by Crippen LogP contribution is 2.27. The Bertz CT molecular complexity index is 1000. The standard InChI is InChI=1S/C19H17N5O2/c1-13(18-11-15-5-3-4-6-17(15)26-18)23(2)19(25)14-7-9-16(10-8-14)24-12-20-21-22-24/h3-13H,1-2H3/t13-/m0/s1. The molecule has 7 nitrogen and oxygen atoms in total. The molecule has 0 aliphatic heterocycles. The molecule has 0 bridgehead atoms. The second-order valence-electron chi connectivity index (χ2n) is 6.08. The lowest BCUT2D eigenvalue weighted by atomic mass is 10.1. The number of amides is 1. The zero-order chi connectivity index (χ0) is 18.1. The zero-order valence-corrected chi connectivity index (χ0v) is 14.4. The molecule has 1 atom stereocenters. The Morgan fingerprint density at radius 2 is 1.92 bits per heavy atom. The minimum atomic E-state index is -0.186. The number of carbonyl (C=O) groups excluding carboxylic acids is 1. The van der Waals surface area contributed by atoms with Crippen molar-refractivity contribution in [1.82, 2.24) is 25.1 Å². The van der Waals surface area contributed by atoms with Crippen LogP contribution >= 0.6 is 0 Å². The summed E-state index contributed by atoms with van der Waals surface area (Å²) in [5.41, 5.74) is 2.20. The van der Waals surface area contributed by atoms with Crippen LogP contribution in [0.2, 0.25) is 0 Å². The lowest BCUT2D eigenvalue weighted by molar-refractivity contribution is 0.0727. The molecule has 0 N–H and O–H groups in total. The van der Waals surface area contributed by atoms with Crippen LogP contribution in [0.1, 0.15) is 29.1 Å². The number of rotatable bonds is 4. The maximum absolute atomic E-state index is 12.8. The van der Waals surface area contributed by atoms with Gasteiger partial charge < -0.3 is 9.32 Å². The predicted octanol–water partition coefficient (Wildman–Crippen LogP) is 3.24. The molecule has 7 heteroatoms. The van der Waals surface area contributed by atoms with E-state index < -0.39 is 0 Å². The summed E-state index contributed by atoms with van der Waals surface area (Å²) in [6.07, 6.45) is 1.51. The van der Waals surface area contributed by atoms with Gasteiger partial charge in [0.15, 0.2) is 0 Å². The molecule has 0 unspecified atom stereocenters. The maximum atomic E-state index is 12.8. The number of para-hydroxylation sites is 1. The first-order chi connectivity index (χ1) is 12.6. The largest absolute Gasteiger partial charge is 0.459 e. The van der Waals surface area contributed by atoms with E-state index >= 15 is 0 Å². The van der Waals surface area contributed by atoms with Crippen LogP contribution in [-0.2, 0) is 0 Å². The molecule has 0 fully saturated rings. The molecule has 2 aromatic heterocycles. The van der Waals surface area contributed by atoms with Gasteiger partial charge in [0.2, 0.25) is 0 Å². The lowest BCUT2D eigenvalue weighted by Crippen LogP contribution is -2.29. The van der Waals surface area contributed by atoms with Crippen molar-refractivity contribution in [2.45, 2.75) is 13.0 Å². The molecule has 1 amide bonds. The molecular formula is C19H17N5O2. The van der Waals surface area contributed by atoms with E-state index in [1.54, 1.807) is 24.1 Å². The maximum Gasteiger partial charge on any atom is 0.254 e. The van der Waals surface area contributed by atoms with Crippen molar-refractivity contribution in [1.29, 1.82) is 0 Å². The molecule has 0 spiro atoms. The van der Waals surface area contributed by atoms with Crippen molar-refractivity contribution < 1.29 is 9.21 Å². The minimum Gasteiger partial charge on any atom is -0.459 e. The summed E-state index contributed by atoms with van der Waals surface area (Å²) in [5, 5.41) is 12.1. The van der Waals surface area contributed by atoms with Gasteiger partial charge in [-0.2, -0.15) is 0 Å². The summed E-state index contributed by atoms with van der Waals surface area (Å²) in [6, 6.07) is 16.8. The summed E-state index contributed by atoms with van der Waals surface area (Å²) in [5.74, 6) is 0.675. The Balaban J connectivity index is 1.55. The highest BCUT2D eigenvalue weighted by atomic mass is 16.3. The number of furan rings is 1. The third-order valence-electron chi connectivity index (χ3n) is 4.49. The number of nitrogens with zero attached hydrogens (tertiary/aromatic N) is 5. The molecule has 0 saturated heterocycles. The molecule has 26 heavy (non-hydrogen) atoms. The minimum absolute atomic E-state index is 0.0822. The number of hydrogen-bond acceptors (Lipinski definition) is 5. The molecule has 0 aliphatic carbocycles. The van der Waals surface area contributed by atoms with E-state index in [4.69, 9.17) is 4.42 Å². The van der Waals surface area contributed by atoms with Crippen LogP contribution in [-0.4, -0.2) is 38.1 Å². The Hall–Kier alpha value is -3.48. The van der Waals surface area contributed by atoms with Crippen LogP contribution in [0.4, 0.5) is 0 Å². The van der Waals surface area contributed by atoms with Crippen LogP contribution < -0.4 is 0 Å². The molecule has 2 aromatic carbocycles. The number of hydrogen-bond donors (Lipinski definition) is 0. The van der Waals surface area contributed by atoms with E-state index in [9.17, 15) is 4.79 Å². The Kier molecular flexibility index (Phi) is 3.96. The summed E-state index contributed by atoms with van der Waals surface area (Å²) in [4.78, 5) is 14.5. The van der Waals surface area contributed by atoms with Gasteiger partial charge in [-0.05, 0) is 53.7 Å². The number of carbonyl (C=O) groups is 1.